The lowest BCUT2D eigenvalue weighted by molar-refractivity contribution is 0.0972. The lowest BCUT2D eigenvalue weighted by Crippen LogP contribution is -2.44. The van der Waals surface area contributed by atoms with E-state index in [0.29, 0.717) is 5.56 Å². The summed E-state index contributed by atoms with van der Waals surface area (Å²) < 4.78 is 0. The van der Waals surface area contributed by atoms with Crippen molar-refractivity contribution in [3.63, 3.8) is 0 Å². The maximum absolute atomic E-state index is 13.1. The first kappa shape index (κ1) is 24.9. The number of allylic oxidation sites excluding steroid dienone is 1. The van der Waals surface area contributed by atoms with Gasteiger partial charge in [-0.2, -0.15) is 0 Å². The molecule has 6 nitrogen and oxygen atoms in total. The molecule has 1 aromatic heterocycles. The molecule has 1 aliphatic heterocycles. The minimum atomic E-state index is -0.104. The summed E-state index contributed by atoms with van der Waals surface area (Å²) in [5.74, 6) is -0.104. The van der Waals surface area contributed by atoms with Crippen molar-refractivity contribution in [2.24, 2.45) is 4.99 Å². The van der Waals surface area contributed by atoms with Gasteiger partial charge in [0.05, 0.1) is 11.4 Å². The van der Waals surface area contributed by atoms with Gasteiger partial charge in [-0.3, -0.25) is 9.79 Å². The van der Waals surface area contributed by atoms with Crippen LogP contribution in [0, 0.1) is 6.92 Å². The zero-order chi connectivity index (χ0) is 24.8. The first-order chi connectivity index (χ1) is 16.9. The molecule has 4 rings (SSSR count). The Morgan fingerprint density at radius 2 is 1.77 bits per heavy atom. The number of benzene rings is 2. The number of hydrogen-bond donors (Lipinski definition) is 2. The van der Waals surface area contributed by atoms with Crippen molar-refractivity contribution >= 4 is 28.7 Å². The van der Waals surface area contributed by atoms with Crippen LogP contribution in [0.5, 0.6) is 0 Å². The number of nitrogens with one attached hydrogen (secondary N) is 2. The first-order valence-electron chi connectivity index (χ1n) is 12.5. The number of aromatic nitrogens is 1. The van der Waals surface area contributed by atoms with Gasteiger partial charge in [0.25, 0.3) is 5.91 Å². The predicted octanol–water partition coefficient (Wildman–Crippen LogP) is 4.71. The lowest BCUT2D eigenvalue weighted by atomic mass is 10.1. The Morgan fingerprint density at radius 3 is 2.51 bits per heavy atom. The number of para-hydroxylation sites is 1. The highest BCUT2D eigenvalue weighted by Gasteiger charge is 2.18. The van der Waals surface area contributed by atoms with Crippen LogP contribution < -0.4 is 5.32 Å². The largest absolute Gasteiger partial charge is 0.353 e. The quantitative estimate of drug-likeness (QED) is 0.369. The monoisotopic (exact) mass is 471 g/mol. The van der Waals surface area contributed by atoms with Crippen molar-refractivity contribution in [1.82, 2.24) is 20.1 Å². The van der Waals surface area contributed by atoms with E-state index < -0.39 is 0 Å². The number of rotatable bonds is 8. The number of aliphatic imine (C=N–C) groups is 1. The van der Waals surface area contributed by atoms with Crippen molar-refractivity contribution < 1.29 is 4.79 Å². The molecule has 0 spiro atoms. The molecular weight excluding hydrogens is 434 g/mol. The summed E-state index contributed by atoms with van der Waals surface area (Å²) >= 11 is 0. The van der Waals surface area contributed by atoms with E-state index in [1.54, 1.807) is 0 Å². The molecule has 2 heterocycles. The van der Waals surface area contributed by atoms with Gasteiger partial charge in [0.2, 0.25) is 0 Å². The minimum absolute atomic E-state index is 0.104. The molecule has 184 valence electrons. The fourth-order valence-electron chi connectivity index (χ4n) is 4.55. The van der Waals surface area contributed by atoms with Gasteiger partial charge < -0.3 is 20.1 Å². The Balaban J connectivity index is 1.54. The van der Waals surface area contributed by atoms with Crippen LogP contribution in [0.3, 0.4) is 0 Å². The first-order valence-corrected chi connectivity index (χ1v) is 12.5. The average Bonchev–Trinajstić information content (AvgIpc) is 3.21. The Kier molecular flexibility index (Phi) is 8.16. The predicted molar refractivity (Wildman–Crippen MR) is 146 cm³/mol. The number of aryl methyl sites for hydroxylation is 1. The number of hydrogen-bond acceptors (Lipinski definition) is 4. The maximum atomic E-state index is 13.1. The van der Waals surface area contributed by atoms with E-state index in [-0.39, 0.29) is 5.91 Å². The molecule has 1 saturated heterocycles. The summed E-state index contributed by atoms with van der Waals surface area (Å²) in [5, 5.41) is 4.28. The number of fused-ring (bicyclic) bond motifs is 1. The van der Waals surface area contributed by atoms with Gasteiger partial charge in [-0.1, -0.05) is 42.0 Å². The molecule has 1 aliphatic rings. The highest BCUT2D eigenvalue weighted by Crippen LogP contribution is 2.27. The lowest BCUT2D eigenvalue weighted by Gasteiger charge is -2.32. The summed E-state index contributed by atoms with van der Waals surface area (Å²) in [6.07, 6.45) is 3.01. The van der Waals surface area contributed by atoms with Gasteiger partial charge in [-0.25, -0.2) is 0 Å². The van der Waals surface area contributed by atoms with Gasteiger partial charge in [0.15, 0.2) is 0 Å². The van der Waals surface area contributed by atoms with Crippen molar-refractivity contribution in [1.29, 1.82) is 0 Å². The standard InChI is InChI=1S/C29H37N5O/c1-21(2)27(32-29(35)23-11-6-5-10-22(23)3)28-25(24-12-7-8-13-26(24)31-28)20-30-14-9-15-34-18-16-33(4)17-19-34/h5-8,10-13,20,31H,9,14-19H2,1-4H3,(H,32,35). The Bertz CT molecular complexity index is 1230. The van der Waals surface area contributed by atoms with Gasteiger partial charge in [-0.15, -0.1) is 0 Å². The molecule has 0 atom stereocenters. The third kappa shape index (κ3) is 6.08. The van der Waals surface area contributed by atoms with Crippen LogP contribution in [-0.2, 0) is 0 Å². The van der Waals surface area contributed by atoms with Crippen LogP contribution in [0.2, 0.25) is 0 Å². The van der Waals surface area contributed by atoms with E-state index >= 15 is 0 Å². The highest BCUT2D eigenvalue weighted by molar-refractivity contribution is 6.07. The van der Waals surface area contributed by atoms with E-state index in [9.17, 15) is 4.79 Å². The van der Waals surface area contributed by atoms with Gasteiger partial charge in [0.1, 0.15) is 0 Å². The van der Waals surface area contributed by atoms with Gasteiger partial charge in [-0.05, 0) is 58.5 Å². The molecule has 1 fully saturated rings. The maximum Gasteiger partial charge on any atom is 0.255 e. The molecule has 0 aliphatic carbocycles. The number of amides is 1. The average molecular weight is 472 g/mol. The van der Waals surface area contributed by atoms with Crippen LogP contribution in [0.4, 0.5) is 0 Å². The van der Waals surface area contributed by atoms with Crippen LogP contribution in [0.1, 0.15) is 47.4 Å². The molecule has 0 radical (unpaired) electrons. The van der Waals surface area contributed by atoms with E-state index in [2.05, 4.69) is 39.3 Å². The summed E-state index contributed by atoms with van der Waals surface area (Å²) in [6, 6.07) is 15.9. The van der Waals surface area contributed by atoms with Crippen LogP contribution >= 0.6 is 0 Å². The summed E-state index contributed by atoms with van der Waals surface area (Å²) in [5.41, 5.74) is 6.41. The zero-order valence-electron chi connectivity index (χ0n) is 21.4. The third-order valence-corrected chi connectivity index (χ3v) is 6.70. The molecule has 0 bridgehead atoms. The van der Waals surface area contributed by atoms with Crippen molar-refractivity contribution in [3.8, 4) is 0 Å². The molecule has 3 aromatic rings. The number of carbonyl (C=O) groups excluding carboxylic acids is 1. The van der Waals surface area contributed by atoms with Gasteiger partial charge >= 0.3 is 0 Å². The zero-order valence-corrected chi connectivity index (χ0v) is 21.4. The highest BCUT2D eigenvalue weighted by atomic mass is 16.1. The fourth-order valence-corrected chi connectivity index (χ4v) is 4.55. The molecular formula is C29H37N5O. The van der Waals surface area contributed by atoms with Crippen molar-refractivity contribution in [2.45, 2.75) is 27.2 Å². The van der Waals surface area contributed by atoms with E-state index in [4.69, 9.17) is 4.99 Å². The number of nitrogens with zero attached hydrogens (tertiary/aromatic N) is 3. The third-order valence-electron chi connectivity index (χ3n) is 6.70. The van der Waals surface area contributed by atoms with Crippen molar-refractivity contribution in [2.75, 3.05) is 46.3 Å². The van der Waals surface area contributed by atoms with Crippen molar-refractivity contribution in [3.05, 3.63) is 76.5 Å². The second-order valence-corrected chi connectivity index (χ2v) is 9.64. The van der Waals surface area contributed by atoms with E-state index in [0.717, 1.165) is 84.7 Å². The molecule has 2 N–H and O–H groups in total. The van der Waals surface area contributed by atoms with Crippen LogP contribution in [0.15, 0.2) is 59.1 Å². The summed E-state index contributed by atoms with van der Waals surface area (Å²) in [7, 11) is 2.19. The smallest absolute Gasteiger partial charge is 0.255 e. The Hall–Kier alpha value is -3.22. The molecule has 2 aromatic carbocycles. The number of H-pyrrole nitrogens is 1. The number of carbonyl (C=O) groups is 1. The molecule has 0 saturated carbocycles. The van der Waals surface area contributed by atoms with Gasteiger partial charge in [0, 0.05) is 61.0 Å². The topological polar surface area (TPSA) is 63.7 Å². The fraction of sp³-hybridized carbons (Fsp3) is 0.379. The second kappa shape index (κ2) is 11.5. The SMILES string of the molecule is CC(C)=C(NC(=O)c1ccccc1C)c1[nH]c2ccccc2c1C=NCCCN1CCN(C)CC1. The van der Waals surface area contributed by atoms with Crippen LogP contribution in [-0.4, -0.2) is 73.2 Å². The Labute approximate surface area is 208 Å². The molecule has 1 amide bonds. The Morgan fingerprint density at radius 1 is 1.06 bits per heavy atom. The molecule has 35 heavy (non-hydrogen) atoms. The number of aromatic amines is 1. The van der Waals surface area contributed by atoms with E-state index in [1.807, 2.05) is 63.4 Å². The van der Waals surface area contributed by atoms with E-state index in [1.165, 1.54) is 0 Å². The second-order valence-electron chi connectivity index (χ2n) is 9.64. The van der Waals surface area contributed by atoms with Crippen LogP contribution in [0.25, 0.3) is 16.6 Å². The summed E-state index contributed by atoms with van der Waals surface area (Å²) in [6.45, 7) is 12.4. The molecule has 6 heteroatoms. The normalized spacial score (nSPS) is 15.1. The minimum Gasteiger partial charge on any atom is -0.353 e. The number of likely N-dealkylation sites (N-methyl/N-ethyl adjacent to an activating group) is 1. The summed E-state index contributed by atoms with van der Waals surface area (Å²) in [4.78, 5) is 26.4. The molecule has 0 unspecified atom stereocenters. The number of piperazine rings is 1.